The van der Waals surface area contributed by atoms with E-state index in [-0.39, 0.29) is 6.09 Å². The first-order chi connectivity index (χ1) is 8.84. The molecule has 0 aliphatic carbocycles. The SMILES string of the molecule is CCC.CCN1CCCN(C(=O)OC(C)(C)C)CC1. The van der Waals surface area contributed by atoms with Crippen LogP contribution in [-0.2, 0) is 4.74 Å². The molecule has 1 aliphatic heterocycles. The van der Waals surface area contributed by atoms with Gasteiger partial charge in [-0.2, -0.15) is 0 Å². The number of ether oxygens (including phenoxy) is 1. The second-order valence-corrected chi connectivity index (χ2v) is 5.96. The molecule has 0 saturated carbocycles. The van der Waals surface area contributed by atoms with Crippen molar-refractivity contribution in [2.45, 2.75) is 60.0 Å². The minimum Gasteiger partial charge on any atom is -0.444 e. The summed E-state index contributed by atoms with van der Waals surface area (Å²) in [6.07, 6.45) is 2.11. The van der Waals surface area contributed by atoms with Gasteiger partial charge in [0.25, 0.3) is 0 Å². The molecule has 1 heterocycles. The van der Waals surface area contributed by atoms with Crippen LogP contribution in [0.3, 0.4) is 0 Å². The highest BCUT2D eigenvalue weighted by molar-refractivity contribution is 5.68. The monoisotopic (exact) mass is 272 g/mol. The van der Waals surface area contributed by atoms with Gasteiger partial charge in [0.2, 0.25) is 0 Å². The van der Waals surface area contributed by atoms with Crippen LogP contribution in [-0.4, -0.2) is 54.2 Å². The maximum atomic E-state index is 11.8. The summed E-state index contributed by atoms with van der Waals surface area (Å²) in [5.41, 5.74) is -0.395. The summed E-state index contributed by atoms with van der Waals surface area (Å²) in [4.78, 5) is 16.0. The minimum atomic E-state index is -0.395. The molecule has 0 atom stereocenters. The molecule has 4 heteroatoms. The number of hydrogen-bond acceptors (Lipinski definition) is 3. The van der Waals surface area contributed by atoms with Gasteiger partial charge >= 0.3 is 6.09 Å². The Morgan fingerprint density at radius 2 is 1.63 bits per heavy atom. The van der Waals surface area contributed by atoms with Crippen molar-refractivity contribution in [1.29, 1.82) is 0 Å². The topological polar surface area (TPSA) is 32.8 Å². The van der Waals surface area contributed by atoms with Gasteiger partial charge in [-0.3, -0.25) is 0 Å². The lowest BCUT2D eigenvalue weighted by molar-refractivity contribution is 0.0258. The summed E-state index contributed by atoms with van der Waals surface area (Å²) in [5.74, 6) is 0. The highest BCUT2D eigenvalue weighted by Gasteiger charge is 2.23. The Labute approximate surface area is 119 Å². The van der Waals surface area contributed by atoms with Crippen LogP contribution in [0.1, 0.15) is 54.4 Å². The van der Waals surface area contributed by atoms with Crippen molar-refractivity contribution in [3.63, 3.8) is 0 Å². The third-order valence-electron chi connectivity index (χ3n) is 2.69. The van der Waals surface area contributed by atoms with E-state index in [1.54, 1.807) is 0 Å². The number of likely N-dealkylation sites (N-methyl/N-ethyl adjacent to an activating group) is 1. The zero-order chi connectivity index (χ0) is 14.9. The zero-order valence-electron chi connectivity index (χ0n) is 13.7. The van der Waals surface area contributed by atoms with Crippen molar-refractivity contribution in [2.75, 3.05) is 32.7 Å². The number of nitrogens with zero attached hydrogens (tertiary/aromatic N) is 2. The molecule has 0 spiro atoms. The van der Waals surface area contributed by atoms with Crippen LogP contribution in [0.2, 0.25) is 0 Å². The third-order valence-corrected chi connectivity index (χ3v) is 2.69. The van der Waals surface area contributed by atoms with Crippen molar-refractivity contribution >= 4 is 6.09 Å². The molecule has 1 rings (SSSR count). The first-order valence-electron chi connectivity index (χ1n) is 7.54. The van der Waals surface area contributed by atoms with Crippen LogP contribution >= 0.6 is 0 Å². The molecule has 1 amide bonds. The van der Waals surface area contributed by atoms with Crippen LogP contribution in [0.4, 0.5) is 4.79 Å². The molecule has 0 aromatic heterocycles. The third kappa shape index (κ3) is 8.87. The van der Waals surface area contributed by atoms with E-state index in [1.165, 1.54) is 6.42 Å². The zero-order valence-corrected chi connectivity index (χ0v) is 13.7. The smallest absolute Gasteiger partial charge is 0.410 e. The quantitative estimate of drug-likeness (QED) is 0.733. The van der Waals surface area contributed by atoms with E-state index in [9.17, 15) is 4.79 Å². The van der Waals surface area contributed by atoms with Crippen molar-refractivity contribution in [3.05, 3.63) is 0 Å². The van der Waals surface area contributed by atoms with Crippen molar-refractivity contribution in [3.8, 4) is 0 Å². The Morgan fingerprint density at radius 1 is 1.05 bits per heavy atom. The van der Waals surface area contributed by atoms with E-state index in [2.05, 4.69) is 25.7 Å². The fourth-order valence-electron chi connectivity index (χ4n) is 1.80. The van der Waals surface area contributed by atoms with Gasteiger partial charge in [0, 0.05) is 19.6 Å². The van der Waals surface area contributed by atoms with E-state index >= 15 is 0 Å². The van der Waals surface area contributed by atoms with Crippen LogP contribution < -0.4 is 0 Å². The molecule has 114 valence electrons. The molecule has 0 aromatic rings. The summed E-state index contributed by atoms with van der Waals surface area (Å²) in [7, 11) is 0. The lowest BCUT2D eigenvalue weighted by atomic mass is 10.2. The molecule has 0 aromatic carbocycles. The molecular weight excluding hydrogens is 240 g/mol. The molecule has 1 fully saturated rings. The molecule has 1 saturated heterocycles. The van der Waals surface area contributed by atoms with Gasteiger partial charge in [-0.1, -0.05) is 27.2 Å². The van der Waals surface area contributed by atoms with E-state index in [1.807, 2.05) is 25.7 Å². The van der Waals surface area contributed by atoms with Gasteiger partial charge in [-0.15, -0.1) is 0 Å². The van der Waals surface area contributed by atoms with E-state index < -0.39 is 5.60 Å². The van der Waals surface area contributed by atoms with Gasteiger partial charge in [0.05, 0.1) is 0 Å². The molecule has 1 aliphatic rings. The van der Waals surface area contributed by atoms with E-state index in [4.69, 9.17) is 4.74 Å². The number of carbonyl (C=O) groups is 1. The molecule has 19 heavy (non-hydrogen) atoms. The molecule has 0 radical (unpaired) electrons. The standard InChI is InChI=1S/C12H24N2O2.C3H8/c1-5-13-7-6-8-14(10-9-13)11(15)16-12(2,3)4;1-3-2/h5-10H2,1-4H3;3H2,1-2H3. The number of rotatable bonds is 1. The van der Waals surface area contributed by atoms with Gasteiger partial charge in [0.15, 0.2) is 0 Å². The summed E-state index contributed by atoms with van der Waals surface area (Å²) >= 11 is 0. The first-order valence-corrected chi connectivity index (χ1v) is 7.54. The highest BCUT2D eigenvalue weighted by Crippen LogP contribution is 2.11. The molecule has 0 bridgehead atoms. The minimum absolute atomic E-state index is 0.176. The molecule has 4 nitrogen and oxygen atoms in total. The predicted molar refractivity (Wildman–Crippen MR) is 80.5 cm³/mol. The summed E-state index contributed by atoms with van der Waals surface area (Å²) in [5, 5.41) is 0. The normalized spacial score (nSPS) is 17.3. The van der Waals surface area contributed by atoms with Gasteiger partial charge in [-0.25, -0.2) is 4.79 Å². The Bertz CT molecular complexity index is 249. The van der Waals surface area contributed by atoms with Crippen LogP contribution in [0.25, 0.3) is 0 Å². The second kappa shape index (κ2) is 9.18. The largest absolute Gasteiger partial charge is 0.444 e. The lowest BCUT2D eigenvalue weighted by Crippen LogP contribution is -2.39. The van der Waals surface area contributed by atoms with Crippen molar-refractivity contribution < 1.29 is 9.53 Å². The van der Waals surface area contributed by atoms with Gasteiger partial charge in [-0.05, 0) is 40.3 Å². The predicted octanol–water partition coefficient (Wildman–Crippen LogP) is 3.37. The van der Waals surface area contributed by atoms with Gasteiger partial charge in [0.1, 0.15) is 5.60 Å². The fourth-order valence-corrected chi connectivity index (χ4v) is 1.80. The number of hydrogen-bond donors (Lipinski definition) is 0. The van der Waals surface area contributed by atoms with Gasteiger partial charge < -0.3 is 14.5 Å². The number of carbonyl (C=O) groups excluding carboxylic acids is 1. The van der Waals surface area contributed by atoms with E-state index in [0.29, 0.717) is 0 Å². The summed E-state index contributed by atoms with van der Waals surface area (Å²) in [6.45, 7) is 16.8. The summed E-state index contributed by atoms with van der Waals surface area (Å²) < 4.78 is 5.37. The fraction of sp³-hybridized carbons (Fsp3) is 0.933. The Hall–Kier alpha value is -0.770. The highest BCUT2D eigenvalue weighted by atomic mass is 16.6. The Morgan fingerprint density at radius 3 is 2.11 bits per heavy atom. The average molecular weight is 272 g/mol. The maximum absolute atomic E-state index is 11.8. The molecule has 0 N–H and O–H groups in total. The lowest BCUT2D eigenvalue weighted by Gasteiger charge is -2.26. The van der Waals surface area contributed by atoms with Crippen LogP contribution in [0.15, 0.2) is 0 Å². The number of amides is 1. The molecular formula is C15H32N2O2. The van der Waals surface area contributed by atoms with Crippen LogP contribution in [0.5, 0.6) is 0 Å². The molecule has 0 unspecified atom stereocenters. The van der Waals surface area contributed by atoms with Crippen LogP contribution in [0, 0.1) is 0 Å². The summed E-state index contributed by atoms with van der Waals surface area (Å²) in [6, 6.07) is 0. The van der Waals surface area contributed by atoms with Crippen molar-refractivity contribution in [1.82, 2.24) is 9.80 Å². The second-order valence-electron chi connectivity index (χ2n) is 5.96. The maximum Gasteiger partial charge on any atom is 0.410 e. The van der Waals surface area contributed by atoms with Crippen molar-refractivity contribution in [2.24, 2.45) is 0 Å². The average Bonchev–Trinajstić information content (AvgIpc) is 2.52. The van der Waals surface area contributed by atoms with E-state index in [0.717, 1.165) is 39.1 Å². The first kappa shape index (κ1) is 18.2. The Kier molecular flexibility index (Phi) is 8.81. The Balaban J connectivity index is 0.000000982.